The Hall–Kier alpha value is -2.27. The summed E-state index contributed by atoms with van der Waals surface area (Å²) in [7, 11) is 1.72. The van der Waals surface area contributed by atoms with E-state index in [1.165, 1.54) is 6.92 Å². The van der Waals surface area contributed by atoms with Gasteiger partial charge < -0.3 is 10.2 Å². The van der Waals surface area contributed by atoms with Crippen molar-refractivity contribution in [1.29, 1.82) is 0 Å². The Balaban J connectivity index is 2.14. The molecule has 0 heterocycles. The highest BCUT2D eigenvalue weighted by molar-refractivity contribution is 8.00. The SMILES string of the molecule is CC(=O)N(C)c1ccc(NC(=O)c2ccccc2SC(C)C)cc1. The van der Waals surface area contributed by atoms with Crippen molar-refractivity contribution in [2.24, 2.45) is 0 Å². The molecule has 0 spiro atoms. The summed E-state index contributed by atoms with van der Waals surface area (Å²) in [5.74, 6) is -0.169. The normalized spacial score (nSPS) is 10.5. The van der Waals surface area contributed by atoms with E-state index < -0.39 is 0 Å². The van der Waals surface area contributed by atoms with Crippen LogP contribution < -0.4 is 10.2 Å². The summed E-state index contributed by atoms with van der Waals surface area (Å²) in [6.07, 6.45) is 0. The number of amides is 2. The van der Waals surface area contributed by atoms with Crippen LogP contribution in [0.15, 0.2) is 53.4 Å². The van der Waals surface area contributed by atoms with Gasteiger partial charge in [0.05, 0.1) is 5.56 Å². The predicted molar refractivity (Wildman–Crippen MR) is 101 cm³/mol. The van der Waals surface area contributed by atoms with Crippen molar-refractivity contribution >= 4 is 35.0 Å². The number of carbonyl (C=O) groups excluding carboxylic acids is 2. The van der Waals surface area contributed by atoms with Gasteiger partial charge in [0.15, 0.2) is 0 Å². The zero-order valence-electron chi connectivity index (χ0n) is 14.4. The molecule has 2 aromatic carbocycles. The van der Waals surface area contributed by atoms with Gasteiger partial charge in [0.2, 0.25) is 5.91 Å². The quantitative estimate of drug-likeness (QED) is 0.818. The van der Waals surface area contributed by atoms with Crippen molar-refractivity contribution in [3.63, 3.8) is 0 Å². The molecule has 0 fully saturated rings. The Morgan fingerprint density at radius 3 is 2.25 bits per heavy atom. The second-order valence-electron chi connectivity index (χ2n) is 5.74. The van der Waals surface area contributed by atoms with E-state index in [1.54, 1.807) is 35.8 Å². The lowest BCUT2D eigenvalue weighted by molar-refractivity contribution is -0.116. The second-order valence-corrected chi connectivity index (χ2v) is 7.36. The molecule has 0 radical (unpaired) electrons. The molecule has 0 bridgehead atoms. The van der Waals surface area contributed by atoms with E-state index in [0.717, 1.165) is 10.6 Å². The van der Waals surface area contributed by atoms with Crippen LogP contribution >= 0.6 is 11.8 Å². The molecule has 0 atom stereocenters. The summed E-state index contributed by atoms with van der Waals surface area (Å²) in [5.41, 5.74) is 2.16. The van der Waals surface area contributed by atoms with Crippen LogP contribution in [0.25, 0.3) is 0 Å². The van der Waals surface area contributed by atoms with Crippen molar-refractivity contribution in [3.05, 3.63) is 54.1 Å². The molecule has 0 aliphatic heterocycles. The van der Waals surface area contributed by atoms with Crippen LogP contribution in [-0.4, -0.2) is 24.1 Å². The predicted octanol–water partition coefficient (Wildman–Crippen LogP) is 4.42. The minimum absolute atomic E-state index is 0.0357. The first-order valence-electron chi connectivity index (χ1n) is 7.80. The summed E-state index contributed by atoms with van der Waals surface area (Å²) in [6.45, 7) is 5.71. The van der Waals surface area contributed by atoms with Gasteiger partial charge in [-0.15, -0.1) is 11.8 Å². The average molecular weight is 342 g/mol. The number of carbonyl (C=O) groups is 2. The van der Waals surface area contributed by atoms with E-state index in [9.17, 15) is 9.59 Å². The summed E-state index contributed by atoms with van der Waals surface area (Å²) < 4.78 is 0. The van der Waals surface area contributed by atoms with Gasteiger partial charge in [-0.1, -0.05) is 26.0 Å². The Morgan fingerprint density at radius 1 is 1.04 bits per heavy atom. The van der Waals surface area contributed by atoms with Gasteiger partial charge in [0.25, 0.3) is 5.91 Å². The van der Waals surface area contributed by atoms with Crippen molar-refractivity contribution in [2.75, 3.05) is 17.3 Å². The van der Waals surface area contributed by atoms with Gasteiger partial charge in [0.1, 0.15) is 0 Å². The van der Waals surface area contributed by atoms with Gasteiger partial charge >= 0.3 is 0 Å². The first kappa shape index (κ1) is 18.1. The van der Waals surface area contributed by atoms with Crippen LogP contribution in [0, 0.1) is 0 Å². The summed E-state index contributed by atoms with van der Waals surface area (Å²) in [6, 6.07) is 14.8. The minimum Gasteiger partial charge on any atom is -0.322 e. The van der Waals surface area contributed by atoms with Gasteiger partial charge in [-0.25, -0.2) is 0 Å². The maximum absolute atomic E-state index is 12.6. The second kappa shape index (κ2) is 8.02. The molecule has 0 aliphatic carbocycles. The lowest BCUT2D eigenvalue weighted by Gasteiger charge is -2.16. The molecule has 0 saturated heterocycles. The van der Waals surface area contributed by atoms with Crippen LogP contribution in [-0.2, 0) is 4.79 Å². The molecule has 24 heavy (non-hydrogen) atoms. The Kier molecular flexibility index (Phi) is 6.04. The maximum atomic E-state index is 12.6. The third-order valence-electron chi connectivity index (χ3n) is 3.48. The molecule has 2 rings (SSSR count). The minimum atomic E-state index is -0.133. The molecular weight excluding hydrogens is 320 g/mol. The summed E-state index contributed by atoms with van der Waals surface area (Å²) in [4.78, 5) is 26.5. The molecule has 0 aliphatic rings. The molecule has 2 aromatic rings. The average Bonchev–Trinajstić information content (AvgIpc) is 2.54. The number of rotatable bonds is 5. The summed E-state index contributed by atoms with van der Waals surface area (Å²) >= 11 is 1.67. The third-order valence-corrected chi connectivity index (χ3v) is 4.56. The number of nitrogens with zero attached hydrogens (tertiary/aromatic N) is 1. The molecule has 5 heteroatoms. The zero-order valence-corrected chi connectivity index (χ0v) is 15.2. The Morgan fingerprint density at radius 2 is 1.67 bits per heavy atom. The molecule has 1 N–H and O–H groups in total. The van der Waals surface area contributed by atoms with E-state index in [2.05, 4.69) is 19.2 Å². The molecule has 126 valence electrons. The number of benzene rings is 2. The zero-order chi connectivity index (χ0) is 17.7. The highest BCUT2D eigenvalue weighted by Crippen LogP contribution is 2.27. The van der Waals surface area contributed by atoms with Crippen LogP contribution in [0.1, 0.15) is 31.1 Å². The highest BCUT2D eigenvalue weighted by Gasteiger charge is 2.13. The van der Waals surface area contributed by atoms with Crippen molar-refractivity contribution < 1.29 is 9.59 Å². The fraction of sp³-hybridized carbons (Fsp3) is 0.263. The van der Waals surface area contributed by atoms with Gasteiger partial charge in [0, 0.05) is 35.5 Å². The fourth-order valence-corrected chi connectivity index (χ4v) is 3.11. The van der Waals surface area contributed by atoms with Gasteiger partial charge in [-0.3, -0.25) is 9.59 Å². The van der Waals surface area contributed by atoms with Crippen molar-refractivity contribution in [1.82, 2.24) is 0 Å². The molecule has 4 nitrogen and oxygen atoms in total. The number of hydrogen-bond acceptors (Lipinski definition) is 3. The molecular formula is C19H22N2O2S. The fourth-order valence-electron chi connectivity index (χ4n) is 2.16. The standard InChI is InChI=1S/C19H22N2O2S/c1-13(2)24-18-8-6-5-7-17(18)19(23)20-15-9-11-16(12-10-15)21(4)14(3)22/h5-13H,1-4H3,(H,20,23). The van der Waals surface area contributed by atoms with E-state index in [1.807, 2.05) is 36.4 Å². The first-order chi connectivity index (χ1) is 11.4. The Labute approximate surface area is 147 Å². The van der Waals surface area contributed by atoms with E-state index in [0.29, 0.717) is 16.5 Å². The first-order valence-corrected chi connectivity index (χ1v) is 8.68. The molecule has 0 saturated carbocycles. The van der Waals surface area contributed by atoms with Crippen molar-refractivity contribution in [3.8, 4) is 0 Å². The van der Waals surface area contributed by atoms with Gasteiger partial charge in [-0.05, 0) is 36.4 Å². The van der Waals surface area contributed by atoms with Crippen molar-refractivity contribution in [2.45, 2.75) is 30.9 Å². The number of thioether (sulfide) groups is 1. The molecule has 0 aromatic heterocycles. The topological polar surface area (TPSA) is 49.4 Å². The lowest BCUT2D eigenvalue weighted by Crippen LogP contribution is -2.22. The summed E-state index contributed by atoms with van der Waals surface area (Å²) in [5, 5.41) is 3.31. The Bertz CT molecular complexity index is 726. The van der Waals surface area contributed by atoms with E-state index in [-0.39, 0.29) is 11.8 Å². The molecule has 0 unspecified atom stereocenters. The van der Waals surface area contributed by atoms with Crippen LogP contribution in [0.2, 0.25) is 0 Å². The maximum Gasteiger partial charge on any atom is 0.256 e. The van der Waals surface area contributed by atoms with E-state index >= 15 is 0 Å². The lowest BCUT2D eigenvalue weighted by atomic mass is 10.2. The largest absolute Gasteiger partial charge is 0.322 e. The molecule has 2 amide bonds. The highest BCUT2D eigenvalue weighted by atomic mass is 32.2. The smallest absolute Gasteiger partial charge is 0.256 e. The van der Waals surface area contributed by atoms with Crippen LogP contribution in [0.3, 0.4) is 0 Å². The van der Waals surface area contributed by atoms with Crippen LogP contribution in [0.4, 0.5) is 11.4 Å². The van der Waals surface area contributed by atoms with Crippen LogP contribution in [0.5, 0.6) is 0 Å². The van der Waals surface area contributed by atoms with Gasteiger partial charge in [-0.2, -0.15) is 0 Å². The number of nitrogens with one attached hydrogen (secondary N) is 1. The monoisotopic (exact) mass is 342 g/mol. The third kappa shape index (κ3) is 4.61. The van der Waals surface area contributed by atoms with E-state index in [4.69, 9.17) is 0 Å². The number of anilines is 2. The number of hydrogen-bond donors (Lipinski definition) is 1.